The van der Waals surface area contributed by atoms with Crippen LogP contribution in [0.25, 0.3) is 0 Å². The van der Waals surface area contributed by atoms with Gasteiger partial charge in [0.05, 0.1) is 12.6 Å². The van der Waals surface area contributed by atoms with Crippen LogP contribution in [0.1, 0.15) is 11.6 Å². The fraction of sp³-hybridized carbons (Fsp3) is 0.222. The Labute approximate surface area is 85.8 Å². The molecule has 0 spiro atoms. The van der Waals surface area contributed by atoms with Crippen LogP contribution in [0.3, 0.4) is 0 Å². The van der Waals surface area contributed by atoms with E-state index in [2.05, 4.69) is 10.3 Å². The molecule has 1 heterocycles. The van der Waals surface area contributed by atoms with Crippen LogP contribution >= 0.6 is 11.6 Å². The number of hydrogen-bond acceptors (Lipinski definition) is 3. The molecule has 0 saturated carbocycles. The minimum Gasteiger partial charge on any atom is -0.370 e. The highest BCUT2D eigenvalue weighted by Gasteiger charge is 2.19. The molecule has 14 heavy (non-hydrogen) atoms. The van der Waals surface area contributed by atoms with Gasteiger partial charge in [-0.05, 0) is 17.7 Å². The zero-order valence-corrected chi connectivity index (χ0v) is 8.05. The first-order valence-corrected chi connectivity index (χ1v) is 4.56. The van der Waals surface area contributed by atoms with Gasteiger partial charge in [0.25, 0.3) is 0 Å². The normalized spacial score (nSPS) is 20.4. The second kappa shape index (κ2) is 3.46. The Hall–Kier alpha value is -1.29. The van der Waals surface area contributed by atoms with Crippen molar-refractivity contribution in [3.63, 3.8) is 0 Å². The first-order valence-electron chi connectivity index (χ1n) is 4.18. The second-order valence-corrected chi connectivity index (χ2v) is 3.50. The van der Waals surface area contributed by atoms with Gasteiger partial charge in [-0.25, -0.2) is 4.39 Å². The summed E-state index contributed by atoms with van der Waals surface area (Å²) in [5.41, 5.74) is 6.28. The van der Waals surface area contributed by atoms with Crippen molar-refractivity contribution in [2.45, 2.75) is 6.04 Å². The predicted molar refractivity (Wildman–Crippen MR) is 53.8 cm³/mol. The van der Waals surface area contributed by atoms with Crippen molar-refractivity contribution in [2.24, 2.45) is 10.7 Å². The summed E-state index contributed by atoms with van der Waals surface area (Å²) in [5.74, 6) is 0.0565. The van der Waals surface area contributed by atoms with E-state index in [0.717, 1.165) is 5.56 Å². The molecule has 74 valence electrons. The van der Waals surface area contributed by atoms with Crippen molar-refractivity contribution in [1.29, 1.82) is 0 Å². The summed E-state index contributed by atoms with van der Waals surface area (Å²) >= 11 is 5.89. The van der Waals surface area contributed by atoms with Crippen molar-refractivity contribution in [3.8, 4) is 0 Å². The molecule has 1 aliphatic heterocycles. The van der Waals surface area contributed by atoms with Crippen molar-refractivity contribution >= 4 is 17.6 Å². The number of guanidine groups is 1. The third-order valence-electron chi connectivity index (χ3n) is 2.10. The fourth-order valence-electron chi connectivity index (χ4n) is 1.42. The third kappa shape index (κ3) is 1.65. The van der Waals surface area contributed by atoms with Gasteiger partial charge in [-0.3, -0.25) is 4.99 Å². The van der Waals surface area contributed by atoms with E-state index < -0.39 is 0 Å². The average molecular weight is 214 g/mol. The van der Waals surface area contributed by atoms with E-state index in [1.807, 2.05) is 0 Å². The van der Waals surface area contributed by atoms with Crippen LogP contribution in [0.15, 0.2) is 23.2 Å². The average Bonchev–Trinajstić information content (AvgIpc) is 2.51. The highest BCUT2D eigenvalue weighted by Crippen LogP contribution is 2.25. The first kappa shape index (κ1) is 9.27. The summed E-state index contributed by atoms with van der Waals surface area (Å²) < 4.78 is 12.8. The lowest BCUT2D eigenvalue weighted by atomic mass is 10.1. The summed E-state index contributed by atoms with van der Waals surface area (Å²) in [5, 5.41) is 3.35. The molecular formula is C9H9ClFN3. The Morgan fingerprint density at radius 1 is 1.57 bits per heavy atom. The van der Waals surface area contributed by atoms with E-state index in [-0.39, 0.29) is 11.9 Å². The van der Waals surface area contributed by atoms with Gasteiger partial charge in [0.1, 0.15) is 5.82 Å². The number of halogens is 2. The quantitative estimate of drug-likeness (QED) is 0.742. The molecule has 0 aliphatic carbocycles. The van der Waals surface area contributed by atoms with E-state index in [1.54, 1.807) is 6.07 Å². The van der Waals surface area contributed by atoms with Gasteiger partial charge in [-0.2, -0.15) is 0 Å². The molecule has 0 saturated heterocycles. The van der Waals surface area contributed by atoms with E-state index >= 15 is 0 Å². The van der Waals surface area contributed by atoms with Crippen molar-refractivity contribution in [2.75, 3.05) is 6.54 Å². The SMILES string of the molecule is NC1=NCC(c2ccc(F)cc2Cl)N1. The van der Waals surface area contributed by atoms with Crippen LogP contribution < -0.4 is 11.1 Å². The van der Waals surface area contributed by atoms with Gasteiger partial charge in [-0.15, -0.1) is 0 Å². The monoisotopic (exact) mass is 213 g/mol. The zero-order chi connectivity index (χ0) is 10.1. The molecule has 5 heteroatoms. The maximum atomic E-state index is 12.8. The Balaban J connectivity index is 2.25. The van der Waals surface area contributed by atoms with E-state index in [4.69, 9.17) is 17.3 Å². The van der Waals surface area contributed by atoms with Crippen LogP contribution in [-0.4, -0.2) is 12.5 Å². The summed E-state index contributed by atoms with van der Waals surface area (Å²) in [6.07, 6.45) is 0. The minimum absolute atomic E-state index is 0.0388. The first-order chi connectivity index (χ1) is 6.66. The van der Waals surface area contributed by atoms with Crippen LogP contribution in [0.2, 0.25) is 5.02 Å². The number of benzene rings is 1. The summed E-state index contributed by atoms with van der Waals surface area (Å²) in [7, 11) is 0. The molecule has 3 N–H and O–H groups in total. The lowest BCUT2D eigenvalue weighted by molar-refractivity contribution is 0.624. The second-order valence-electron chi connectivity index (χ2n) is 3.09. The Bertz CT molecular complexity index is 392. The Morgan fingerprint density at radius 2 is 2.36 bits per heavy atom. The van der Waals surface area contributed by atoms with Gasteiger partial charge >= 0.3 is 0 Å². The Kier molecular flexibility index (Phi) is 2.29. The number of nitrogens with zero attached hydrogens (tertiary/aromatic N) is 1. The molecule has 1 aliphatic rings. The maximum absolute atomic E-state index is 12.8. The minimum atomic E-state index is -0.342. The van der Waals surface area contributed by atoms with Crippen LogP contribution in [0.4, 0.5) is 4.39 Å². The molecule has 2 rings (SSSR count). The maximum Gasteiger partial charge on any atom is 0.189 e. The summed E-state index contributed by atoms with van der Waals surface area (Å²) in [6, 6.07) is 4.26. The predicted octanol–water partition coefficient (Wildman–Crippen LogP) is 1.44. The highest BCUT2D eigenvalue weighted by molar-refractivity contribution is 6.31. The molecule has 0 amide bonds. The standard InChI is InChI=1S/C9H9ClFN3/c10-7-3-5(11)1-2-6(7)8-4-13-9(12)14-8/h1-3,8H,4H2,(H3,12,13,14). The third-order valence-corrected chi connectivity index (χ3v) is 2.43. The molecule has 1 aromatic carbocycles. The van der Waals surface area contributed by atoms with Crippen LogP contribution in [0.5, 0.6) is 0 Å². The molecule has 0 aromatic heterocycles. The van der Waals surface area contributed by atoms with E-state index in [1.165, 1.54) is 12.1 Å². The zero-order valence-electron chi connectivity index (χ0n) is 7.30. The van der Waals surface area contributed by atoms with Gasteiger partial charge in [0, 0.05) is 5.02 Å². The van der Waals surface area contributed by atoms with E-state index in [0.29, 0.717) is 17.5 Å². The van der Waals surface area contributed by atoms with Crippen LogP contribution in [0, 0.1) is 5.82 Å². The fourth-order valence-corrected chi connectivity index (χ4v) is 1.72. The topological polar surface area (TPSA) is 50.4 Å². The highest BCUT2D eigenvalue weighted by atomic mass is 35.5. The number of aliphatic imine (C=N–C) groups is 1. The lowest BCUT2D eigenvalue weighted by Crippen LogP contribution is -2.29. The molecule has 0 bridgehead atoms. The smallest absolute Gasteiger partial charge is 0.189 e. The molecule has 0 fully saturated rings. The van der Waals surface area contributed by atoms with Crippen LogP contribution in [-0.2, 0) is 0 Å². The number of nitrogens with two attached hydrogens (primary N) is 1. The van der Waals surface area contributed by atoms with Crippen molar-refractivity contribution in [3.05, 3.63) is 34.6 Å². The molecule has 1 aromatic rings. The van der Waals surface area contributed by atoms with Gasteiger partial charge < -0.3 is 11.1 Å². The largest absolute Gasteiger partial charge is 0.370 e. The molecule has 3 nitrogen and oxygen atoms in total. The molecule has 0 radical (unpaired) electrons. The van der Waals surface area contributed by atoms with E-state index in [9.17, 15) is 4.39 Å². The summed E-state index contributed by atoms with van der Waals surface area (Å²) in [6.45, 7) is 0.539. The Morgan fingerprint density at radius 3 is 2.93 bits per heavy atom. The number of rotatable bonds is 1. The summed E-state index contributed by atoms with van der Waals surface area (Å²) in [4.78, 5) is 3.99. The van der Waals surface area contributed by atoms with Crippen molar-refractivity contribution < 1.29 is 4.39 Å². The molecular weight excluding hydrogens is 205 g/mol. The van der Waals surface area contributed by atoms with Crippen molar-refractivity contribution in [1.82, 2.24) is 5.32 Å². The lowest BCUT2D eigenvalue weighted by Gasteiger charge is -2.12. The molecule has 1 unspecified atom stereocenters. The number of hydrogen-bond donors (Lipinski definition) is 2. The number of nitrogens with one attached hydrogen (secondary N) is 1. The molecule has 1 atom stereocenters. The van der Waals surface area contributed by atoms with Gasteiger partial charge in [-0.1, -0.05) is 17.7 Å². The van der Waals surface area contributed by atoms with Gasteiger partial charge in [0.15, 0.2) is 5.96 Å². The van der Waals surface area contributed by atoms with Gasteiger partial charge in [0.2, 0.25) is 0 Å².